The monoisotopic (exact) mass is 114 g/mol. The molecular weight excluding hydrogens is 102 g/mol. The summed E-state index contributed by atoms with van der Waals surface area (Å²) in [7, 11) is 4.04. The molecule has 1 fully saturated rings. The lowest BCUT2D eigenvalue weighted by Crippen LogP contribution is -2.40. The highest BCUT2D eigenvalue weighted by molar-refractivity contribution is 4.68. The summed E-state index contributed by atoms with van der Waals surface area (Å²) in [5.41, 5.74) is 0. The molecule has 0 aromatic carbocycles. The van der Waals surface area contributed by atoms with Gasteiger partial charge in [-0.3, -0.25) is 10.2 Å². The second kappa shape index (κ2) is 2.44. The second-order valence-electron chi connectivity index (χ2n) is 2.20. The number of hydrogen-bond donors (Lipinski definition) is 1. The van der Waals surface area contributed by atoms with Crippen molar-refractivity contribution < 1.29 is 0 Å². The first kappa shape index (κ1) is 6.01. The summed E-state index contributed by atoms with van der Waals surface area (Å²) in [5, 5.41) is 7.47. The first-order chi connectivity index (χ1) is 3.80. The zero-order valence-corrected chi connectivity index (χ0v) is 5.39. The van der Waals surface area contributed by atoms with E-state index in [1.54, 1.807) is 0 Å². The van der Waals surface area contributed by atoms with Crippen LogP contribution in [0.25, 0.3) is 0 Å². The molecule has 0 spiro atoms. The van der Waals surface area contributed by atoms with Crippen LogP contribution in [-0.4, -0.2) is 38.4 Å². The summed E-state index contributed by atoms with van der Waals surface area (Å²) in [4.78, 5) is 2.06. The molecule has 1 saturated heterocycles. The highest BCUT2D eigenvalue weighted by atomic mass is 15.4. The number of hydrogen-bond acceptors (Lipinski definition) is 2. The molecule has 0 amide bonds. The van der Waals surface area contributed by atoms with Crippen molar-refractivity contribution in [3.63, 3.8) is 0 Å². The van der Waals surface area contributed by atoms with Gasteiger partial charge in [0.2, 0.25) is 0 Å². The topological polar surface area (TPSA) is 29.4 Å². The van der Waals surface area contributed by atoms with Gasteiger partial charge in [0.05, 0.1) is 0 Å². The fourth-order valence-corrected chi connectivity index (χ4v) is 0.791. The molecule has 1 aliphatic rings. The quantitative estimate of drug-likeness (QED) is 0.475. The van der Waals surface area contributed by atoms with E-state index >= 15 is 0 Å². The summed E-state index contributed by atoms with van der Waals surface area (Å²) in [6, 6.07) is 0. The zero-order valence-electron chi connectivity index (χ0n) is 5.39. The van der Waals surface area contributed by atoms with Crippen molar-refractivity contribution in [2.75, 3.05) is 27.2 Å². The number of rotatable bonds is 1. The summed E-state index contributed by atoms with van der Waals surface area (Å²) < 4.78 is 0. The molecule has 1 heterocycles. The van der Waals surface area contributed by atoms with Crippen LogP contribution in [0.5, 0.6) is 0 Å². The summed E-state index contributed by atoms with van der Waals surface area (Å²) in [5.74, 6) is 0. The molecule has 0 aliphatic carbocycles. The predicted molar refractivity (Wildman–Crippen MR) is 32.5 cm³/mol. The van der Waals surface area contributed by atoms with Crippen LogP contribution in [-0.2, 0) is 0 Å². The summed E-state index contributed by atoms with van der Waals surface area (Å²) >= 11 is 0. The Bertz CT molecular complexity index is 66.1. The fraction of sp³-hybridized carbons (Fsp3) is 1.00. The van der Waals surface area contributed by atoms with Crippen LogP contribution in [0.15, 0.2) is 0 Å². The third-order valence-electron chi connectivity index (χ3n) is 1.23. The van der Waals surface area contributed by atoms with Crippen LogP contribution < -0.4 is 10.6 Å². The van der Waals surface area contributed by atoms with Gasteiger partial charge in [-0.2, -0.15) is 0 Å². The maximum absolute atomic E-state index is 4.25. The van der Waals surface area contributed by atoms with Crippen molar-refractivity contribution >= 4 is 0 Å². The van der Waals surface area contributed by atoms with Crippen molar-refractivity contribution in [2.45, 2.75) is 6.29 Å². The Labute approximate surface area is 50.1 Å². The Kier molecular flexibility index (Phi) is 1.83. The molecule has 0 aromatic rings. The normalized spacial score (nSPS) is 22.9. The van der Waals surface area contributed by atoms with Crippen molar-refractivity contribution in [2.24, 2.45) is 0 Å². The van der Waals surface area contributed by atoms with E-state index in [0.29, 0.717) is 0 Å². The molecule has 1 radical (unpaired) electrons. The molecule has 1 atom stereocenters. The highest BCUT2D eigenvalue weighted by Gasteiger charge is 2.14. The molecule has 8 heavy (non-hydrogen) atoms. The molecule has 0 saturated carbocycles. The molecule has 1 rings (SSSR count). The molecule has 1 N–H and O–H groups in total. The van der Waals surface area contributed by atoms with Crippen LogP contribution in [0, 0.1) is 0 Å². The van der Waals surface area contributed by atoms with Crippen molar-refractivity contribution in [3.05, 3.63) is 0 Å². The third-order valence-corrected chi connectivity index (χ3v) is 1.23. The van der Waals surface area contributed by atoms with E-state index in [0.717, 1.165) is 13.1 Å². The van der Waals surface area contributed by atoms with Gasteiger partial charge >= 0.3 is 0 Å². The van der Waals surface area contributed by atoms with Gasteiger partial charge in [0, 0.05) is 13.1 Å². The Balaban J connectivity index is 2.24. The van der Waals surface area contributed by atoms with E-state index in [1.165, 1.54) is 0 Å². The van der Waals surface area contributed by atoms with E-state index < -0.39 is 0 Å². The van der Waals surface area contributed by atoms with Crippen molar-refractivity contribution in [1.82, 2.24) is 15.5 Å². The highest BCUT2D eigenvalue weighted by Crippen LogP contribution is 1.89. The van der Waals surface area contributed by atoms with Crippen molar-refractivity contribution in [1.29, 1.82) is 0 Å². The first-order valence-corrected chi connectivity index (χ1v) is 2.87. The Morgan fingerprint density at radius 1 is 1.62 bits per heavy atom. The van der Waals surface area contributed by atoms with Crippen LogP contribution in [0.1, 0.15) is 0 Å². The predicted octanol–water partition coefficient (Wildman–Crippen LogP) is -0.961. The van der Waals surface area contributed by atoms with Crippen LogP contribution >= 0.6 is 0 Å². The van der Waals surface area contributed by atoms with Gasteiger partial charge in [-0.15, -0.1) is 0 Å². The molecule has 0 aromatic heterocycles. The minimum Gasteiger partial charge on any atom is -0.287 e. The van der Waals surface area contributed by atoms with Gasteiger partial charge in [-0.25, -0.2) is 5.32 Å². The fourth-order valence-electron chi connectivity index (χ4n) is 0.791. The van der Waals surface area contributed by atoms with E-state index in [1.807, 2.05) is 14.1 Å². The van der Waals surface area contributed by atoms with Crippen LogP contribution in [0.4, 0.5) is 0 Å². The molecule has 3 nitrogen and oxygen atoms in total. The van der Waals surface area contributed by atoms with E-state index in [4.69, 9.17) is 0 Å². The SMILES string of the molecule is CN(C)C1[N]CCN1. The number of nitrogens with one attached hydrogen (secondary N) is 1. The third kappa shape index (κ3) is 1.18. The Morgan fingerprint density at radius 2 is 2.38 bits per heavy atom. The molecule has 3 heteroatoms. The van der Waals surface area contributed by atoms with Gasteiger partial charge in [0.25, 0.3) is 0 Å². The Morgan fingerprint density at radius 3 is 2.62 bits per heavy atom. The van der Waals surface area contributed by atoms with E-state index in [9.17, 15) is 0 Å². The Hall–Kier alpha value is -0.120. The molecule has 0 bridgehead atoms. The molecule has 1 aliphatic heterocycles. The van der Waals surface area contributed by atoms with Gasteiger partial charge in [0.1, 0.15) is 6.29 Å². The summed E-state index contributed by atoms with van der Waals surface area (Å²) in [6.07, 6.45) is 0.273. The number of nitrogens with zero attached hydrogens (tertiary/aromatic N) is 2. The van der Waals surface area contributed by atoms with Gasteiger partial charge in [0.15, 0.2) is 0 Å². The molecular formula is C5H12N3. The second-order valence-corrected chi connectivity index (χ2v) is 2.20. The smallest absolute Gasteiger partial charge is 0.129 e. The summed E-state index contributed by atoms with van der Waals surface area (Å²) in [6.45, 7) is 1.99. The van der Waals surface area contributed by atoms with E-state index in [2.05, 4.69) is 15.5 Å². The zero-order chi connectivity index (χ0) is 5.98. The first-order valence-electron chi connectivity index (χ1n) is 2.87. The van der Waals surface area contributed by atoms with Crippen LogP contribution in [0.3, 0.4) is 0 Å². The lowest BCUT2D eigenvalue weighted by molar-refractivity contribution is 0.246. The lowest BCUT2D eigenvalue weighted by Gasteiger charge is -2.16. The largest absolute Gasteiger partial charge is 0.287 e. The van der Waals surface area contributed by atoms with E-state index in [-0.39, 0.29) is 6.29 Å². The van der Waals surface area contributed by atoms with Crippen molar-refractivity contribution in [3.8, 4) is 0 Å². The van der Waals surface area contributed by atoms with Gasteiger partial charge < -0.3 is 0 Å². The molecule has 47 valence electrons. The average Bonchev–Trinajstić information content (AvgIpc) is 2.12. The minimum absolute atomic E-state index is 0.273. The van der Waals surface area contributed by atoms with Gasteiger partial charge in [-0.05, 0) is 14.1 Å². The maximum atomic E-state index is 4.25. The van der Waals surface area contributed by atoms with Crippen LogP contribution in [0.2, 0.25) is 0 Å². The maximum Gasteiger partial charge on any atom is 0.129 e. The lowest BCUT2D eigenvalue weighted by atomic mass is 10.7. The standard InChI is InChI=1S/C5H12N3/c1-8(2)5-6-3-4-7-5/h5-6H,3-4H2,1-2H3. The van der Waals surface area contributed by atoms with Gasteiger partial charge in [-0.1, -0.05) is 0 Å². The molecule has 1 unspecified atom stereocenters. The minimum atomic E-state index is 0.273. The average molecular weight is 114 g/mol.